The van der Waals surface area contributed by atoms with Crippen LogP contribution in [0, 0.1) is 0 Å². The van der Waals surface area contributed by atoms with E-state index < -0.39 is 60.4 Å². The van der Waals surface area contributed by atoms with E-state index in [4.69, 9.17) is 20.4 Å². The monoisotopic (exact) mass is 346 g/mol. The number of anilines is 2. The van der Waals surface area contributed by atoms with E-state index in [9.17, 15) is 19.8 Å². The summed E-state index contributed by atoms with van der Waals surface area (Å²) < 4.78 is 0. The zero-order valence-electron chi connectivity index (χ0n) is 12.4. The predicted octanol–water partition coefficient (Wildman–Crippen LogP) is -2.60. The Kier molecular flexibility index (Phi) is 7.26. The minimum Gasteiger partial charge on any atom is -0.476 e. The van der Waals surface area contributed by atoms with Crippen molar-refractivity contribution in [3.8, 4) is 0 Å². The number of carboxylic acids is 2. The molecule has 1 rings (SSSR count). The van der Waals surface area contributed by atoms with Crippen LogP contribution in [0.5, 0.6) is 0 Å². The van der Waals surface area contributed by atoms with Crippen molar-refractivity contribution in [2.24, 2.45) is 0 Å². The highest BCUT2D eigenvalue weighted by Gasteiger charge is 2.23. The van der Waals surface area contributed by atoms with Gasteiger partial charge in [0.2, 0.25) is 0 Å². The number of nitrogens with one attached hydrogen (secondary N) is 2. The van der Waals surface area contributed by atoms with E-state index in [2.05, 4.69) is 20.6 Å². The average molecular weight is 346 g/mol. The Morgan fingerprint density at radius 2 is 1.17 bits per heavy atom. The summed E-state index contributed by atoms with van der Waals surface area (Å²) in [6.45, 7) is -1.73. The van der Waals surface area contributed by atoms with Gasteiger partial charge in [-0.15, -0.1) is 0 Å². The van der Waals surface area contributed by atoms with Crippen LogP contribution in [-0.2, 0) is 0 Å². The van der Waals surface area contributed by atoms with Gasteiger partial charge in [0.15, 0.2) is 23.0 Å². The molecule has 1 aromatic rings. The summed E-state index contributed by atoms with van der Waals surface area (Å²) in [5.74, 6) is -3.82. The highest BCUT2D eigenvalue weighted by molar-refractivity contribution is 5.96. The normalized spacial score (nSPS) is 13.2. The molecule has 8 N–H and O–H groups in total. The van der Waals surface area contributed by atoms with Crippen molar-refractivity contribution in [1.82, 2.24) is 9.97 Å². The number of rotatable bonds is 10. The Labute approximate surface area is 135 Å². The molecule has 0 fully saturated rings. The van der Waals surface area contributed by atoms with E-state index in [-0.39, 0.29) is 13.1 Å². The van der Waals surface area contributed by atoms with Crippen molar-refractivity contribution in [1.29, 1.82) is 0 Å². The van der Waals surface area contributed by atoms with Gasteiger partial charge in [0.1, 0.15) is 0 Å². The van der Waals surface area contributed by atoms with Gasteiger partial charge in [-0.3, -0.25) is 0 Å². The summed E-state index contributed by atoms with van der Waals surface area (Å²) in [5, 5.41) is 59.1. The molecule has 0 spiro atoms. The smallest absolute Gasteiger partial charge is 0.358 e. The largest absolute Gasteiger partial charge is 0.476 e. The molecule has 0 saturated heterocycles. The SMILES string of the molecule is O=C(O)c1nc(NCC(O)CO)c(C(=O)O)nc1NCC(O)CO. The van der Waals surface area contributed by atoms with Crippen LogP contribution >= 0.6 is 0 Å². The van der Waals surface area contributed by atoms with Crippen LogP contribution in [0.25, 0.3) is 0 Å². The van der Waals surface area contributed by atoms with E-state index in [1.807, 2.05) is 0 Å². The lowest BCUT2D eigenvalue weighted by molar-refractivity contribution is 0.0672. The van der Waals surface area contributed by atoms with Crippen molar-refractivity contribution < 1.29 is 40.2 Å². The maximum Gasteiger partial charge on any atom is 0.358 e. The van der Waals surface area contributed by atoms with E-state index in [1.54, 1.807) is 0 Å². The Morgan fingerprint density at radius 1 is 0.833 bits per heavy atom. The molecule has 1 heterocycles. The number of hydrogen-bond acceptors (Lipinski definition) is 10. The fraction of sp³-hybridized carbons (Fsp3) is 0.500. The molecule has 1 aromatic heterocycles. The first kappa shape index (κ1) is 19.5. The fourth-order valence-electron chi connectivity index (χ4n) is 1.54. The topological polar surface area (TPSA) is 205 Å². The van der Waals surface area contributed by atoms with Gasteiger partial charge in [0.05, 0.1) is 25.4 Å². The Hall–Kier alpha value is -2.54. The molecule has 0 amide bonds. The first-order valence-corrected chi connectivity index (χ1v) is 6.74. The van der Waals surface area contributed by atoms with Gasteiger partial charge in [0.25, 0.3) is 0 Å². The second-order valence-corrected chi connectivity index (χ2v) is 4.66. The van der Waals surface area contributed by atoms with Gasteiger partial charge in [-0.25, -0.2) is 19.6 Å². The molecule has 0 aromatic carbocycles. The van der Waals surface area contributed by atoms with Crippen LogP contribution in [0.3, 0.4) is 0 Å². The molecule has 12 heteroatoms. The molecule has 12 nitrogen and oxygen atoms in total. The first-order chi connectivity index (χ1) is 11.3. The molecule has 0 aliphatic carbocycles. The van der Waals surface area contributed by atoms with Crippen LogP contribution in [0.15, 0.2) is 0 Å². The summed E-state index contributed by atoms with van der Waals surface area (Å²) in [6, 6.07) is 0. The summed E-state index contributed by atoms with van der Waals surface area (Å²) in [4.78, 5) is 29.8. The number of hydrogen-bond donors (Lipinski definition) is 8. The molecule has 134 valence electrons. The third-order valence-corrected chi connectivity index (χ3v) is 2.73. The molecular formula is C12H18N4O8. The minimum absolute atomic E-state index is 0.277. The third kappa shape index (κ3) is 5.27. The number of nitrogens with zero attached hydrogens (tertiary/aromatic N) is 2. The van der Waals surface area contributed by atoms with Crippen LogP contribution in [0.1, 0.15) is 21.0 Å². The molecule has 0 aliphatic rings. The van der Waals surface area contributed by atoms with Crippen LogP contribution < -0.4 is 10.6 Å². The Balaban J connectivity index is 3.18. The summed E-state index contributed by atoms with van der Waals surface area (Å²) in [7, 11) is 0. The third-order valence-electron chi connectivity index (χ3n) is 2.73. The van der Waals surface area contributed by atoms with Crippen LogP contribution in [0.2, 0.25) is 0 Å². The minimum atomic E-state index is -1.51. The molecule has 24 heavy (non-hydrogen) atoms. The molecule has 0 bridgehead atoms. The van der Waals surface area contributed by atoms with Crippen LogP contribution in [-0.4, -0.2) is 91.1 Å². The van der Waals surface area contributed by atoms with Gasteiger partial charge >= 0.3 is 11.9 Å². The maximum atomic E-state index is 11.2. The lowest BCUT2D eigenvalue weighted by Gasteiger charge is -2.15. The van der Waals surface area contributed by atoms with Crippen LogP contribution in [0.4, 0.5) is 11.6 Å². The Morgan fingerprint density at radius 3 is 1.42 bits per heavy atom. The molecule has 0 radical (unpaired) electrons. The number of carbonyl (C=O) groups is 2. The standard InChI is InChI=1S/C12H18N4O8/c17-3-5(19)1-13-9-7(11(21)22)16-10(8(15-9)12(23)24)14-2-6(20)4-18/h5-6,17-20H,1-4H2,(H,13,15)(H,14,16)(H,21,22)(H,23,24). The second kappa shape index (κ2) is 8.93. The predicted molar refractivity (Wildman–Crippen MR) is 79.1 cm³/mol. The number of aromatic carboxylic acids is 2. The van der Waals surface area contributed by atoms with Gasteiger partial charge in [0, 0.05) is 13.1 Å². The maximum absolute atomic E-state index is 11.2. The van der Waals surface area contributed by atoms with Gasteiger partial charge in [-0.1, -0.05) is 0 Å². The van der Waals surface area contributed by atoms with Gasteiger partial charge in [-0.2, -0.15) is 0 Å². The van der Waals surface area contributed by atoms with Crippen molar-refractivity contribution in [3.63, 3.8) is 0 Å². The quantitative estimate of drug-likeness (QED) is 0.219. The lowest BCUT2D eigenvalue weighted by Crippen LogP contribution is -2.27. The van der Waals surface area contributed by atoms with Gasteiger partial charge in [-0.05, 0) is 0 Å². The fourth-order valence-corrected chi connectivity index (χ4v) is 1.54. The number of carboxylic acid groups (broad SMARTS) is 2. The number of aliphatic hydroxyl groups excluding tert-OH is 4. The van der Waals surface area contributed by atoms with Crippen molar-refractivity contribution in [2.45, 2.75) is 12.2 Å². The summed E-state index contributed by atoms with van der Waals surface area (Å²) >= 11 is 0. The summed E-state index contributed by atoms with van der Waals surface area (Å²) in [6.07, 6.45) is -2.42. The number of aromatic nitrogens is 2. The van der Waals surface area contributed by atoms with Gasteiger partial charge < -0.3 is 41.3 Å². The highest BCUT2D eigenvalue weighted by atomic mass is 16.4. The van der Waals surface area contributed by atoms with Crippen molar-refractivity contribution in [3.05, 3.63) is 11.4 Å². The zero-order chi connectivity index (χ0) is 18.3. The molecule has 0 saturated carbocycles. The van der Waals surface area contributed by atoms with E-state index >= 15 is 0 Å². The van der Waals surface area contributed by atoms with Crippen molar-refractivity contribution >= 4 is 23.6 Å². The van der Waals surface area contributed by atoms with E-state index in [0.717, 1.165) is 0 Å². The lowest BCUT2D eigenvalue weighted by atomic mass is 10.3. The Bertz CT molecular complexity index is 545. The average Bonchev–Trinajstić information content (AvgIpc) is 2.56. The molecule has 2 atom stereocenters. The van der Waals surface area contributed by atoms with E-state index in [0.29, 0.717) is 0 Å². The highest BCUT2D eigenvalue weighted by Crippen LogP contribution is 2.18. The first-order valence-electron chi connectivity index (χ1n) is 6.74. The zero-order valence-corrected chi connectivity index (χ0v) is 12.4. The second-order valence-electron chi connectivity index (χ2n) is 4.66. The van der Waals surface area contributed by atoms with E-state index in [1.165, 1.54) is 0 Å². The summed E-state index contributed by atoms with van der Waals surface area (Å²) in [5.41, 5.74) is -1.24. The van der Waals surface area contributed by atoms with Crippen molar-refractivity contribution in [2.75, 3.05) is 36.9 Å². The molecule has 0 aliphatic heterocycles. The molecule has 2 unspecified atom stereocenters. The molecular weight excluding hydrogens is 328 g/mol. The number of aliphatic hydroxyl groups is 4.